The lowest BCUT2D eigenvalue weighted by Crippen LogP contribution is -2.46. The first-order chi connectivity index (χ1) is 13.9. The number of aromatic nitrogens is 4. The Bertz CT molecular complexity index is 1020. The van der Waals surface area contributed by atoms with Gasteiger partial charge in [-0.1, -0.05) is 11.6 Å². The van der Waals surface area contributed by atoms with Crippen LogP contribution in [-0.2, 0) is 0 Å². The number of fused-ring (bicyclic) bond motifs is 1. The molecule has 0 spiro atoms. The number of aliphatic hydroxyl groups is 1. The molecule has 0 bridgehead atoms. The van der Waals surface area contributed by atoms with Crippen molar-refractivity contribution in [2.24, 2.45) is 0 Å². The van der Waals surface area contributed by atoms with Gasteiger partial charge in [0.05, 0.1) is 28.3 Å². The summed E-state index contributed by atoms with van der Waals surface area (Å²) in [5.74, 6) is 0. The Morgan fingerprint density at radius 2 is 2.21 bits per heavy atom. The van der Waals surface area contributed by atoms with Crippen LogP contribution in [-0.4, -0.2) is 61.8 Å². The molecule has 3 atom stereocenters. The Labute approximate surface area is 173 Å². The summed E-state index contributed by atoms with van der Waals surface area (Å²) >= 11 is 6.39. The van der Waals surface area contributed by atoms with Gasteiger partial charge in [0.15, 0.2) is 0 Å². The maximum atomic E-state index is 14.9. The standard InChI is InChI=1S/C20H26ClFN6O/c1-4-23-19-14(7-24-20-18(19)15(21)9-25-20)13-8-26-28(11(13)2)17-5-6-27(12(3)29)10-16(17)22/h7-9,12,16-17,29H,4-6,10H2,1-3H3,(H2,23,24,25)/t12?,16-,17-/m0/s1. The number of nitrogens with zero attached hydrogens (tertiary/aromatic N) is 4. The van der Waals surface area contributed by atoms with E-state index in [1.807, 2.05) is 13.8 Å². The molecule has 9 heteroatoms. The minimum Gasteiger partial charge on any atom is -0.384 e. The van der Waals surface area contributed by atoms with Gasteiger partial charge in [-0.3, -0.25) is 9.58 Å². The number of piperidine rings is 1. The third-order valence-electron chi connectivity index (χ3n) is 5.72. The number of pyridine rings is 1. The van der Waals surface area contributed by atoms with Gasteiger partial charge in [-0.25, -0.2) is 9.37 Å². The zero-order valence-corrected chi connectivity index (χ0v) is 17.5. The molecule has 29 heavy (non-hydrogen) atoms. The molecule has 1 saturated heterocycles. The molecule has 0 aromatic carbocycles. The van der Waals surface area contributed by atoms with E-state index in [4.69, 9.17) is 11.6 Å². The number of anilines is 1. The second-order valence-corrected chi connectivity index (χ2v) is 7.93. The number of nitrogens with one attached hydrogen (secondary N) is 2. The molecule has 0 amide bonds. The van der Waals surface area contributed by atoms with Crippen LogP contribution in [0.1, 0.15) is 32.0 Å². The van der Waals surface area contributed by atoms with E-state index >= 15 is 0 Å². The number of hydrogen-bond acceptors (Lipinski definition) is 5. The highest BCUT2D eigenvalue weighted by atomic mass is 35.5. The number of halogens is 2. The fourth-order valence-corrected chi connectivity index (χ4v) is 4.41. The maximum absolute atomic E-state index is 14.9. The lowest BCUT2D eigenvalue weighted by atomic mass is 10.0. The molecular weight excluding hydrogens is 395 g/mol. The van der Waals surface area contributed by atoms with Gasteiger partial charge in [0.1, 0.15) is 18.0 Å². The van der Waals surface area contributed by atoms with Gasteiger partial charge in [0.2, 0.25) is 0 Å². The van der Waals surface area contributed by atoms with Crippen LogP contribution in [0.5, 0.6) is 0 Å². The van der Waals surface area contributed by atoms with E-state index < -0.39 is 12.4 Å². The number of H-pyrrole nitrogens is 1. The highest BCUT2D eigenvalue weighted by molar-refractivity contribution is 6.36. The summed E-state index contributed by atoms with van der Waals surface area (Å²) in [6, 6.07) is -0.353. The molecule has 0 saturated carbocycles. The van der Waals surface area contributed by atoms with E-state index in [1.165, 1.54) is 0 Å². The number of rotatable bonds is 5. The summed E-state index contributed by atoms with van der Waals surface area (Å²) in [5, 5.41) is 19.1. The average molecular weight is 421 g/mol. The van der Waals surface area contributed by atoms with Gasteiger partial charge in [-0.2, -0.15) is 5.10 Å². The minimum atomic E-state index is -1.10. The monoisotopic (exact) mass is 420 g/mol. The molecule has 156 valence electrons. The lowest BCUT2D eigenvalue weighted by Gasteiger charge is -2.36. The van der Waals surface area contributed by atoms with Crippen LogP contribution in [0.25, 0.3) is 22.2 Å². The summed E-state index contributed by atoms with van der Waals surface area (Å²) in [5.41, 5.74) is 4.29. The summed E-state index contributed by atoms with van der Waals surface area (Å²) < 4.78 is 16.7. The quantitative estimate of drug-likeness (QED) is 0.585. The lowest BCUT2D eigenvalue weighted by molar-refractivity contribution is -0.0311. The predicted octanol–water partition coefficient (Wildman–Crippen LogP) is 3.74. The van der Waals surface area contributed by atoms with Crippen molar-refractivity contribution in [2.75, 3.05) is 25.0 Å². The Hall–Kier alpha value is -2.16. The molecule has 4 rings (SSSR count). The number of aromatic amines is 1. The van der Waals surface area contributed by atoms with Crippen LogP contribution in [0, 0.1) is 6.92 Å². The summed E-state index contributed by atoms with van der Waals surface area (Å²) in [4.78, 5) is 9.33. The first kappa shape index (κ1) is 20.1. The van der Waals surface area contributed by atoms with Gasteiger partial charge in [-0.05, 0) is 27.2 Å². The maximum Gasteiger partial charge on any atom is 0.140 e. The van der Waals surface area contributed by atoms with Crippen LogP contribution in [0.15, 0.2) is 18.6 Å². The first-order valence-electron chi connectivity index (χ1n) is 9.92. The summed E-state index contributed by atoms with van der Waals surface area (Å²) in [7, 11) is 0. The Morgan fingerprint density at radius 1 is 1.41 bits per heavy atom. The van der Waals surface area contributed by atoms with E-state index in [9.17, 15) is 9.50 Å². The number of likely N-dealkylation sites (tertiary alicyclic amines) is 1. The van der Waals surface area contributed by atoms with Crippen LogP contribution in [0.2, 0.25) is 5.02 Å². The molecule has 1 unspecified atom stereocenters. The number of hydrogen-bond donors (Lipinski definition) is 3. The SMILES string of the molecule is CCNc1c(-c2cnn([C@H]3CCN(C(C)O)C[C@@H]3F)c2C)cnc2[nH]cc(Cl)c12. The van der Waals surface area contributed by atoms with Crippen LogP contribution >= 0.6 is 11.6 Å². The van der Waals surface area contributed by atoms with Crippen molar-refractivity contribution in [2.45, 2.75) is 45.6 Å². The van der Waals surface area contributed by atoms with Crippen molar-refractivity contribution in [3.05, 3.63) is 29.3 Å². The zero-order valence-electron chi connectivity index (χ0n) is 16.8. The smallest absolute Gasteiger partial charge is 0.140 e. The second kappa shape index (κ2) is 7.93. The largest absolute Gasteiger partial charge is 0.384 e. The van der Waals surface area contributed by atoms with Crippen LogP contribution in [0.4, 0.5) is 10.1 Å². The van der Waals surface area contributed by atoms with Crippen molar-refractivity contribution in [1.82, 2.24) is 24.6 Å². The molecular formula is C20H26ClFN6O. The van der Waals surface area contributed by atoms with E-state index in [0.717, 1.165) is 34.4 Å². The fourth-order valence-electron chi connectivity index (χ4n) is 4.17. The highest BCUT2D eigenvalue weighted by Crippen LogP contribution is 2.39. The number of alkyl halides is 1. The molecule has 1 aliphatic heterocycles. The van der Waals surface area contributed by atoms with E-state index in [-0.39, 0.29) is 12.6 Å². The third kappa shape index (κ3) is 3.49. The fraction of sp³-hybridized carbons (Fsp3) is 0.500. The van der Waals surface area contributed by atoms with Gasteiger partial charge < -0.3 is 15.4 Å². The molecule has 4 heterocycles. The van der Waals surface area contributed by atoms with Gasteiger partial charge in [0.25, 0.3) is 0 Å². The van der Waals surface area contributed by atoms with E-state index in [0.29, 0.717) is 23.6 Å². The third-order valence-corrected chi connectivity index (χ3v) is 6.02. The van der Waals surface area contributed by atoms with Crippen molar-refractivity contribution >= 4 is 28.3 Å². The van der Waals surface area contributed by atoms with Crippen LogP contribution in [0.3, 0.4) is 0 Å². The zero-order chi connectivity index (χ0) is 20.7. The first-order valence-corrected chi connectivity index (χ1v) is 10.3. The molecule has 3 N–H and O–H groups in total. The molecule has 3 aromatic rings. The second-order valence-electron chi connectivity index (χ2n) is 7.52. The van der Waals surface area contributed by atoms with Crippen molar-refractivity contribution < 1.29 is 9.50 Å². The van der Waals surface area contributed by atoms with Crippen molar-refractivity contribution in [3.63, 3.8) is 0 Å². The van der Waals surface area contributed by atoms with Gasteiger partial charge in [-0.15, -0.1) is 0 Å². The molecule has 0 radical (unpaired) electrons. The summed E-state index contributed by atoms with van der Waals surface area (Å²) in [6.45, 7) is 7.21. The Kier molecular flexibility index (Phi) is 5.50. The molecule has 1 aliphatic rings. The molecule has 0 aliphatic carbocycles. The number of aliphatic hydroxyl groups excluding tert-OH is 1. The van der Waals surface area contributed by atoms with Gasteiger partial charge >= 0.3 is 0 Å². The minimum absolute atomic E-state index is 0.200. The Morgan fingerprint density at radius 3 is 2.90 bits per heavy atom. The normalized spacial score (nSPS) is 21.6. The highest BCUT2D eigenvalue weighted by Gasteiger charge is 2.33. The topological polar surface area (TPSA) is 82.0 Å². The molecule has 7 nitrogen and oxygen atoms in total. The van der Waals surface area contributed by atoms with Crippen LogP contribution < -0.4 is 5.32 Å². The van der Waals surface area contributed by atoms with E-state index in [2.05, 4.69) is 20.4 Å². The van der Waals surface area contributed by atoms with Crippen molar-refractivity contribution in [1.29, 1.82) is 0 Å². The van der Waals surface area contributed by atoms with E-state index in [1.54, 1.807) is 35.1 Å². The molecule has 3 aromatic heterocycles. The van der Waals surface area contributed by atoms with Gasteiger partial charge in [0, 0.05) is 48.8 Å². The average Bonchev–Trinajstić information content (AvgIpc) is 3.25. The molecule has 1 fully saturated rings. The Balaban J connectivity index is 1.73. The van der Waals surface area contributed by atoms with Crippen molar-refractivity contribution in [3.8, 4) is 11.1 Å². The summed E-state index contributed by atoms with van der Waals surface area (Å²) in [6.07, 6.45) is 4.14. The predicted molar refractivity (Wildman–Crippen MR) is 113 cm³/mol.